The molecule has 100 valence electrons. The predicted molar refractivity (Wildman–Crippen MR) is 72.3 cm³/mol. The second kappa shape index (κ2) is 12.0. The van der Waals surface area contributed by atoms with Gasteiger partial charge >= 0.3 is 5.97 Å². The van der Waals surface area contributed by atoms with Crippen LogP contribution in [0.5, 0.6) is 0 Å². The molecule has 4 heteroatoms. The highest BCUT2D eigenvalue weighted by molar-refractivity contribution is 8.13. The number of carbonyl (C=O) groups is 2. The van der Waals surface area contributed by atoms with E-state index in [1.807, 2.05) is 0 Å². The van der Waals surface area contributed by atoms with E-state index in [4.69, 9.17) is 5.11 Å². The molecule has 0 saturated carbocycles. The van der Waals surface area contributed by atoms with E-state index in [9.17, 15) is 9.59 Å². The van der Waals surface area contributed by atoms with Crippen molar-refractivity contribution in [2.75, 3.05) is 5.75 Å². The maximum atomic E-state index is 11.3. The molecular formula is C13H24O3S. The summed E-state index contributed by atoms with van der Waals surface area (Å²) >= 11 is 1.16. The largest absolute Gasteiger partial charge is 0.481 e. The average Bonchev–Trinajstić information content (AvgIpc) is 2.27. The van der Waals surface area contributed by atoms with E-state index in [2.05, 4.69) is 6.92 Å². The molecule has 3 nitrogen and oxygen atoms in total. The van der Waals surface area contributed by atoms with Gasteiger partial charge in [-0.25, -0.2) is 0 Å². The van der Waals surface area contributed by atoms with Crippen molar-refractivity contribution in [1.82, 2.24) is 0 Å². The van der Waals surface area contributed by atoms with E-state index < -0.39 is 5.97 Å². The average molecular weight is 260 g/mol. The Bertz CT molecular complexity index is 217. The Kier molecular flexibility index (Phi) is 11.6. The molecule has 0 aliphatic rings. The molecule has 0 rings (SSSR count). The standard InChI is InChI=1S/C13H24O3S/c1-2-3-4-5-6-7-8-9-13(16)17-11-10-12(14)15/h2-11H2,1H3,(H,14,15). The summed E-state index contributed by atoms with van der Waals surface area (Å²) in [6.07, 6.45) is 9.10. The second-order valence-corrected chi connectivity index (χ2v) is 5.39. The minimum absolute atomic E-state index is 0.0768. The molecule has 17 heavy (non-hydrogen) atoms. The minimum atomic E-state index is -0.832. The number of carbonyl (C=O) groups excluding carboxylic acids is 1. The van der Waals surface area contributed by atoms with E-state index in [0.29, 0.717) is 12.2 Å². The fourth-order valence-electron chi connectivity index (χ4n) is 1.55. The summed E-state index contributed by atoms with van der Waals surface area (Å²) in [5.41, 5.74) is 0. The van der Waals surface area contributed by atoms with Gasteiger partial charge in [-0.3, -0.25) is 9.59 Å². The molecule has 0 fully saturated rings. The van der Waals surface area contributed by atoms with Crippen molar-refractivity contribution in [3.63, 3.8) is 0 Å². The molecule has 0 saturated heterocycles. The van der Waals surface area contributed by atoms with Crippen molar-refractivity contribution >= 4 is 22.8 Å². The summed E-state index contributed by atoms with van der Waals surface area (Å²) in [6, 6.07) is 0. The topological polar surface area (TPSA) is 54.4 Å². The number of hydrogen-bond donors (Lipinski definition) is 1. The molecule has 0 heterocycles. The highest BCUT2D eigenvalue weighted by Gasteiger charge is 2.04. The summed E-state index contributed by atoms with van der Waals surface area (Å²) in [4.78, 5) is 21.6. The van der Waals surface area contributed by atoms with Gasteiger partial charge in [-0.2, -0.15) is 0 Å². The van der Waals surface area contributed by atoms with Crippen LogP contribution in [0.1, 0.15) is 64.7 Å². The second-order valence-electron chi connectivity index (χ2n) is 4.24. The molecular weight excluding hydrogens is 236 g/mol. The smallest absolute Gasteiger partial charge is 0.304 e. The molecule has 1 N–H and O–H groups in total. The molecule has 0 atom stereocenters. The van der Waals surface area contributed by atoms with Crippen LogP contribution >= 0.6 is 11.8 Å². The number of unbranched alkanes of at least 4 members (excludes halogenated alkanes) is 6. The van der Waals surface area contributed by atoms with Crippen molar-refractivity contribution in [2.45, 2.75) is 64.7 Å². The first-order chi connectivity index (χ1) is 8.16. The van der Waals surface area contributed by atoms with Gasteiger partial charge < -0.3 is 5.11 Å². The maximum Gasteiger partial charge on any atom is 0.304 e. The minimum Gasteiger partial charge on any atom is -0.481 e. The van der Waals surface area contributed by atoms with Crippen molar-refractivity contribution < 1.29 is 14.7 Å². The van der Waals surface area contributed by atoms with Crippen LogP contribution in [0.15, 0.2) is 0 Å². The van der Waals surface area contributed by atoms with Gasteiger partial charge in [-0.15, -0.1) is 0 Å². The van der Waals surface area contributed by atoms with Gasteiger partial charge in [0.1, 0.15) is 0 Å². The molecule has 0 spiro atoms. The first-order valence-corrected chi connectivity index (χ1v) is 7.52. The number of rotatable bonds is 11. The van der Waals surface area contributed by atoms with Crippen molar-refractivity contribution in [1.29, 1.82) is 0 Å². The Balaban J connectivity index is 3.19. The third-order valence-corrected chi connectivity index (χ3v) is 3.50. The van der Waals surface area contributed by atoms with Crippen LogP contribution in [0.2, 0.25) is 0 Å². The van der Waals surface area contributed by atoms with Crippen LogP contribution in [0.3, 0.4) is 0 Å². The molecule has 0 aliphatic carbocycles. The van der Waals surface area contributed by atoms with E-state index >= 15 is 0 Å². The number of thioether (sulfide) groups is 1. The Morgan fingerprint density at radius 1 is 0.941 bits per heavy atom. The van der Waals surface area contributed by atoms with Crippen LogP contribution in [0.25, 0.3) is 0 Å². The monoisotopic (exact) mass is 260 g/mol. The summed E-state index contributed by atoms with van der Waals surface area (Å²) in [7, 11) is 0. The van der Waals surface area contributed by atoms with Gasteiger partial charge in [0.25, 0.3) is 0 Å². The van der Waals surface area contributed by atoms with Crippen molar-refractivity contribution in [3.8, 4) is 0 Å². The van der Waals surface area contributed by atoms with Gasteiger partial charge in [0.15, 0.2) is 5.12 Å². The predicted octanol–water partition coefficient (Wildman–Crippen LogP) is 3.86. The third-order valence-electron chi connectivity index (χ3n) is 2.56. The quantitative estimate of drug-likeness (QED) is 0.573. The van der Waals surface area contributed by atoms with Crippen LogP contribution < -0.4 is 0 Å². The summed E-state index contributed by atoms with van der Waals surface area (Å²) in [5, 5.41) is 8.56. The van der Waals surface area contributed by atoms with Crippen LogP contribution in [-0.4, -0.2) is 21.9 Å². The summed E-state index contributed by atoms with van der Waals surface area (Å²) in [6.45, 7) is 2.20. The van der Waals surface area contributed by atoms with Gasteiger partial charge in [-0.05, 0) is 6.42 Å². The zero-order valence-corrected chi connectivity index (χ0v) is 11.6. The zero-order chi connectivity index (χ0) is 12.9. The van der Waals surface area contributed by atoms with Crippen LogP contribution in [0.4, 0.5) is 0 Å². The SMILES string of the molecule is CCCCCCCCCC(=O)SCCC(=O)O. The summed E-state index contributed by atoms with van der Waals surface area (Å²) in [5.74, 6) is -0.425. The van der Waals surface area contributed by atoms with Gasteiger partial charge in [-0.1, -0.05) is 57.2 Å². The molecule has 0 aromatic rings. The Morgan fingerprint density at radius 3 is 2.12 bits per heavy atom. The lowest BCUT2D eigenvalue weighted by molar-refractivity contribution is -0.136. The molecule has 0 radical (unpaired) electrons. The van der Waals surface area contributed by atoms with Gasteiger partial charge in [0, 0.05) is 12.2 Å². The number of aliphatic carboxylic acids is 1. The highest BCUT2D eigenvalue weighted by Crippen LogP contribution is 2.13. The van der Waals surface area contributed by atoms with Crippen molar-refractivity contribution in [3.05, 3.63) is 0 Å². The van der Waals surface area contributed by atoms with Gasteiger partial charge in [0.2, 0.25) is 0 Å². The third kappa shape index (κ3) is 13.4. The first kappa shape index (κ1) is 16.5. The summed E-state index contributed by atoms with van der Waals surface area (Å²) < 4.78 is 0. The molecule has 0 aromatic carbocycles. The molecule has 0 aromatic heterocycles. The van der Waals surface area contributed by atoms with Crippen molar-refractivity contribution in [2.24, 2.45) is 0 Å². The van der Waals surface area contributed by atoms with Crippen LogP contribution in [0, 0.1) is 0 Å². The van der Waals surface area contributed by atoms with E-state index in [0.717, 1.165) is 24.6 Å². The maximum absolute atomic E-state index is 11.3. The Hall–Kier alpha value is -0.510. The zero-order valence-electron chi connectivity index (χ0n) is 10.7. The number of carboxylic acids is 1. The lowest BCUT2D eigenvalue weighted by Crippen LogP contribution is -1.99. The van der Waals surface area contributed by atoms with E-state index in [-0.39, 0.29) is 11.5 Å². The molecule has 0 amide bonds. The number of hydrogen-bond acceptors (Lipinski definition) is 3. The highest BCUT2D eigenvalue weighted by atomic mass is 32.2. The Labute approximate surface area is 108 Å². The normalized spacial score (nSPS) is 10.4. The first-order valence-electron chi connectivity index (χ1n) is 6.54. The van der Waals surface area contributed by atoms with E-state index in [1.165, 1.54) is 32.1 Å². The fraction of sp³-hybridized carbons (Fsp3) is 0.846. The molecule has 0 unspecified atom stereocenters. The van der Waals surface area contributed by atoms with E-state index in [1.54, 1.807) is 0 Å². The lowest BCUT2D eigenvalue weighted by Gasteiger charge is -2.01. The Morgan fingerprint density at radius 2 is 1.53 bits per heavy atom. The van der Waals surface area contributed by atoms with Gasteiger partial charge in [0.05, 0.1) is 6.42 Å². The molecule has 0 bridgehead atoms. The fourth-order valence-corrected chi connectivity index (χ4v) is 2.34. The lowest BCUT2D eigenvalue weighted by atomic mass is 10.1. The van der Waals surface area contributed by atoms with Crippen LogP contribution in [-0.2, 0) is 9.59 Å². The number of carboxylic acid groups (broad SMARTS) is 1. The molecule has 0 aliphatic heterocycles.